The summed E-state index contributed by atoms with van der Waals surface area (Å²) in [6.07, 6.45) is 0. The van der Waals surface area contributed by atoms with Crippen molar-refractivity contribution in [3.8, 4) is 0 Å². The summed E-state index contributed by atoms with van der Waals surface area (Å²) in [4.78, 5) is 18.7. The van der Waals surface area contributed by atoms with Crippen molar-refractivity contribution in [3.63, 3.8) is 0 Å². The lowest BCUT2D eigenvalue weighted by atomic mass is 10.0. The average Bonchev–Trinajstić information content (AvgIpc) is 2.61. The molecule has 0 unspecified atom stereocenters. The van der Waals surface area contributed by atoms with Crippen LogP contribution in [0.3, 0.4) is 0 Å². The number of hydrogen-bond donors (Lipinski definition) is 1. The number of hydrogen-bond acceptors (Lipinski definition) is 5. The zero-order valence-electron chi connectivity index (χ0n) is 13.0. The van der Waals surface area contributed by atoms with E-state index in [-0.39, 0.29) is 0 Å². The zero-order chi connectivity index (χ0) is 16.5. The highest BCUT2D eigenvalue weighted by molar-refractivity contribution is 8.05. The topological polar surface area (TPSA) is 49.8 Å². The van der Waals surface area contributed by atoms with Crippen molar-refractivity contribution in [3.05, 3.63) is 48.0 Å². The Morgan fingerprint density at radius 2 is 1.67 bits per heavy atom. The fourth-order valence-electron chi connectivity index (χ4n) is 3.11. The molecule has 0 aromatic heterocycles. The van der Waals surface area contributed by atoms with Crippen LogP contribution in [-0.2, 0) is 9.53 Å². The van der Waals surface area contributed by atoms with Crippen LogP contribution in [-0.4, -0.2) is 42.3 Å². The standard InChI is InChI=1S/C18H17NO3S2/c20-18(21)16(19-8-10-22-11-9-19)12-4-3-7-15-17(12)24-14-6-2-1-5-13(14)23-15/h1-7,16H,8-11H2,(H,20,21)/t16-/m0/s1. The highest BCUT2D eigenvalue weighted by atomic mass is 32.2. The van der Waals surface area contributed by atoms with Crippen LogP contribution < -0.4 is 0 Å². The molecular weight excluding hydrogens is 342 g/mol. The van der Waals surface area contributed by atoms with Crippen LogP contribution in [0.1, 0.15) is 11.6 Å². The molecule has 0 spiro atoms. The van der Waals surface area contributed by atoms with E-state index in [0.29, 0.717) is 26.3 Å². The van der Waals surface area contributed by atoms with Crippen LogP contribution in [0.25, 0.3) is 0 Å². The zero-order valence-corrected chi connectivity index (χ0v) is 14.6. The van der Waals surface area contributed by atoms with E-state index in [0.717, 1.165) is 15.4 Å². The summed E-state index contributed by atoms with van der Waals surface area (Å²) in [6.45, 7) is 2.47. The largest absolute Gasteiger partial charge is 0.480 e. The molecule has 0 amide bonds. The van der Waals surface area contributed by atoms with Crippen LogP contribution >= 0.6 is 23.5 Å². The molecule has 1 saturated heterocycles. The van der Waals surface area contributed by atoms with Gasteiger partial charge in [-0.2, -0.15) is 0 Å². The van der Waals surface area contributed by atoms with E-state index in [2.05, 4.69) is 18.2 Å². The van der Waals surface area contributed by atoms with Gasteiger partial charge in [0.25, 0.3) is 0 Å². The minimum atomic E-state index is -0.797. The van der Waals surface area contributed by atoms with Gasteiger partial charge in [-0.1, -0.05) is 47.8 Å². The number of benzene rings is 2. The van der Waals surface area contributed by atoms with Gasteiger partial charge in [-0.05, 0) is 23.8 Å². The summed E-state index contributed by atoms with van der Waals surface area (Å²) < 4.78 is 5.38. The summed E-state index contributed by atoms with van der Waals surface area (Å²) in [6, 6.07) is 13.6. The number of morpholine rings is 1. The third-order valence-electron chi connectivity index (χ3n) is 4.23. The molecular formula is C18H17NO3S2. The molecule has 0 bridgehead atoms. The third-order valence-corrected chi connectivity index (χ3v) is 6.86. The first-order valence-electron chi connectivity index (χ1n) is 7.86. The molecule has 2 aromatic carbocycles. The van der Waals surface area contributed by atoms with Gasteiger partial charge >= 0.3 is 5.97 Å². The Kier molecular flexibility index (Phi) is 4.54. The minimum Gasteiger partial charge on any atom is -0.480 e. The van der Waals surface area contributed by atoms with Crippen molar-refractivity contribution in [1.29, 1.82) is 0 Å². The van der Waals surface area contributed by atoms with E-state index in [1.807, 2.05) is 29.2 Å². The minimum absolute atomic E-state index is 0.587. The van der Waals surface area contributed by atoms with Gasteiger partial charge in [-0.25, -0.2) is 0 Å². The van der Waals surface area contributed by atoms with Gasteiger partial charge in [-0.15, -0.1) is 0 Å². The molecule has 2 aromatic rings. The Hall–Kier alpha value is -1.47. The van der Waals surface area contributed by atoms with Crippen LogP contribution in [0.15, 0.2) is 62.0 Å². The first-order valence-corrected chi connectivity index (χ1v) is 9.49. The molecule has 2 aliphatic rings. The van der Waals surface area contributed by atoms with Gasteiger partial charge in [0.15, 0.2) is 0 Å². The van der Waals surface area contributed by atoms with Crippen molar-refractivity contribution in [2.24, 2.45) is 0 Å². The van der Waals surface area contributed by atoms with Gasteiger partial charge in [0, 0.05) is 32.7 Å². The lowest BCUT2D eigenvalue weighted by Gasteiger charge is -2.33. The number of carbonyl (C=O) groups is 1. The molecule has 2 aliphatic heterocycles. The third kappa shape index (κ3) is 2.95. The Bertz CT molecular complexity index is 775. The number of aliphatic carboxylic acids is 1. The highest BCUT2D eigenvalue weighted by Crippen LogP contribution is 2.51. The maximum Gasteiger partial charge on any atom is 0.325 e. The summed E-state index contributed by atoms with van der Waals surface area (Å²) in [7, 11) is 0. The Labute approximate surface area is 149 Å². The van der Waals surface area contributed by atoms with E-state index in [1.54, 1.807) is 23.5 Å². The molecule has 0 radical (unpaired) electrons. The first-order chi connectivity index (χ1) is 11.7. The molecule has 1 N–H and O–H groups in total. The Morgan fingerprint density at radius 1 is 1.00 bits per heavy atom. The van der Waals surface area contributed by atoms with E-state index in [4.69, 9.17) is 4.74 Å². The number of rotatable bonds is 3. The normalized spacial score (nSPS) is 18.5. The van der Waals surface area contributed by atoms with Crippen LogP contribution in [0, 0.1) is 0 Å². The summed E-state index contributed by atoms with van der Waals surface area (Å²) in [5, 5.41) is 9.88. The van der Waals surface area contributed by atoms with E-state index < -0.39 is 12.0 Å². The second-order valence-electron chi connectivity index (χ2n) is 5.71. The van der Waals surface area contributed by atoms with Gasteiger partial charge < -0.3 is 9.84 Å². The number of nitrogens with zero attached hydrogens (tertiary/aromatic N) is 1. The van der Waals surface area contributed by atoms with Crippen molar-refractivity contribution in [2.75, 3.05) is 26.3 Å². The number of carboxylic acids is 1. The lowest BCUT2D eigenvalue weighted by Crippen LogP contribution is -2.42. The van der Waals surface area contributed by atoms with Crippen molar-refractivity contribution >= 4 is 29.5 Å². The SMILES string of the molecule is O=C(O)[C@H](c1cccc2c1Sc1ccccc1S2)N1CCOCC1. The molecule has 1 fully saturated rings. The number of ether oxygens (including phenoxy) is 1. The van der Waals surface area contributed by atoms with Gasteiger partial charge in [0.2, 0.25) is 0 Å². The molecule has 0 saturated carbocycles. The van der Waals surface area contributed by atoms with E-state index in [1.165, 1.54) is 9.79 Å². The van der Waals surface area contributed by atoms with Crippen LogP contribution in [0.2, 0.25) is 0 Å². The summed E-state index contributed by atoms with van der Waals surface area (Å²) >= 11 is 3.39. The monoisotopic (exact) mass is 359 g/mol. The molecule has 24 heavy (non-hydrogen) atoms. The molecule has 6 heteroatoms. The van der Waals surface area contributed by atoms with Crippen molar-refractivity contribution in [2.45, 2.75) is 25.6 Å². The smallest absolute Gasteiger partial charge is 0.325 e. The molecule has 4 rings (SSSR count). The maximum atomic E-state index is 12.0. The second-order valence-corrected chi connectivity index (χ2v) is 7.85. The Balaban J connectivity index is 1.75. The van der Waals surface area contributed by atoms with Crippen LogP contribution in [0.5, 0.6) is 0 Å². The fraction of sp³-hybridized carbons (Fsp3) is 0.278. The van der Waals surface area contributed by atoms with Gasteiger partial charge in [0.1, 0.15) is 6.04 Å². The van der Waals surface area contributed by atoms with E-state index >= 15 is 0 Å². The van der Waals surface area contributed by atoms with E-state index in [9.17, 15) is 9.90 Å². The van der Waals surface area contributed by atoms with Crippen molar-refractivity contribution < 1.29 is 14.6 Å². The lowest BCUT2D eigenvalue weighted by molar-refractivity contribution is -0.145. The average molecular weight is 359 g/mol. The predicted molar refractivity (Wildman–Crippen MR) is 93.9 cm³/mol. The van der Waals surface area contributed by atoms with Crippen molar-refractivity contribution in [1.82, 2.24) is 4.90 Å². The van der Waals surface area contributed by atoms with Crippen LogP contribution in [0.4, 0.5) is 0 Å². The molecule has 0 aliphatic carbocycles. The number of fused-ring (bicyclic) bond motifs is 2. The quantitative estimate of drug-likeness (QED) is 0.768. The van der Waals surface area contributed by atoms with Gasteiger partial charge in [0.05, 0.1) is 13.2 Å². The van der Waals surface area contributed by atoms with Gasteiger partial charge in [-0.3, -0.25) is 9.69 Å². The summed E-state index contributed by atoms with van der Waals surface area (Å²) in [5.74, 6) is -0.797. The second kappa shape index (κ2) is 6.80. The molecule has 4 nitrogen and oxygen atoms in total. The number of carboxylic acid groups (broad SMARTS) is 1. The fourth-order valence-corrected chi connectivity index (χ4v) is 5.52. The molecule has 124 valence electrons. The molecule has 2 heterocycles. The Morgan fingerprint density at radius 3 is 2.38 bits per heavy atom. The predicted octanol–water partition coefficient (Wildman–Crippen LogP) is 3.76. The maximum absolute atomic E-state index is 12.0. The molecule has 1 atom stereocenters. The highest BCUT2D eigenvalue weighted by Gasteiger charge is 2.32. The summed E-state index contributed by atoms with van der Waals surface area (Å²) in [5.41, 5.74) is 0.883. The first kappa shape index (κ1) is 16.0.